The normalized spacial score (nSPS) is 10.5. The Bertz CT molecular complexity index is 384. The van der Waals surface area contributed by atoms with Crippen molar-refractivity contribution < 1.29 is 9.66 Å². The molecule has 1 aromatic heterocycles. The lowest BCUT2D eigenvalue weighted by Crippen LogP contribution is -2.05. The summed E-state index contributed by atoms with van der Waals surface area (Å²) in [6.07, 6.45) is 1.83. The Morgan fingerprint density at radius 1 is 1.62 bits per heavy atom. The van der Waals surface area contributed by atoms with Gasteiger partial charge in [-0.05, 0) is 23.9 Å². The predicted molar refractivity (Wildman–Crippen MR) is 58.6 cm³/mol. The van der Waals surface area contributed by atoms with Crippen LogP contribution in [0.3, 0.4) is 0 Å². The molecule has 0 saturated heterocycles. The van der Waals surface area contributed by atoms with Gasteiger partial charge in [0.05, 0.1) is 11.5 Å². The van der Waals surface area contributed by atoms with Crippen LogP contribution in [0, 0.1) is 16.0 Å². The van der Waals surface area contributed by atoms with Crippen LogP contribution >= 0.6 is 11.6 Å². The fourth-order valence-electron chi connectivity index (χ4n) is 0.962. The third-order valence-corrected chi connectivity index (χ3v) is 2.02. The molecule has 0 aliphatic carbocycles. The van der Waals surface area contributed by atoms with Gasteiger partial charge in [0, 0.05) is 0 Å². The van der Waals surface area contributed by atoms with Crippen molar-refractivity contribution in [3.63, 3.8) is 0 Å². The average molecular weight is 246 g/mol. The van der Waals surface area contributed by atoms with Gasteiger partial charge in [-0.15, -0.1) is 0 Å². The summed E-state index contributed by atoms with van der Waals surface area (Å²) in [4.78, 5) is 17.3. The van der Waals surface area contributed by atoms with E-state index in [0.29, 0.717) is 12.5 Å². The topological polar surface area (TPSA) is 78.2 Å². The number of rotatable bonds is 5. The van der Waals surface area contributed by atoms with Gasteiger partial charge in [-0.1, -0.05) is 13.8 Å². The summed E-state index contributed by atoms with van der Waals surface area (Å²) >= 11 is 5.54. The molecule has 1 aromatic rings. The number of hydrogen-bond acceptors (Lipinski definition) is 5. The first-order chi connectivity index (χ1) is 7.50. The molecule has 0 aliphatic rings. The number of hydrogen-bond donors (Lipinski definition) is 0. The second kappa shape index (κ2) is 5.60. The molecule has 0 unspecified atom stereocenters. The molecule has 88 valence electrons. The molecule has 0 bridgehead atoms. The van der Waals surface area contributed by atoms with E-state index in [1.165, 1.54) is 0 Å². The molecule has 0 saturated carbocycles. The highest BCUT2D eigenvalue weighted by Gasteiger charge is 2.18. The zero-order valence-corrected chi connectivity index (χ0v) is 9.77. The molecule has 0 aliphatic heterocycles. The van der Waals surface area contributed by atoms with Crippen molar-refractivity contribution >= 4 is 17.3 Å². The Balaban J connectivity index is 2.76. The zero-order chi connectivity index (χ0) is 12.1. The Hall–Kier alpha value is -1.43. The van der Waals surface area contributed by atoms with Crippen molar-refractivity contribution in [2.24, 2.45) is 5.92 Å². The number of halogens is 1. The first kappa shape index (κ1) is 12.6. The SMILES string of the molecule is CC(C)CCOc1nc(Cl)ncc1[N+](=O)[O-]. The van der Waals surface area contributed by atoms with E-state index in [1.54, 1.807) is 0 Å². The lowest BCUT2D eigenvalue weighted by atomic mass is 10.1. The average Bonchev–Trinajstić information content (AvgIpc) is 2.16. The molecule has 1 rings (SSSR count). The molecule has 16 heavy (non-hydrogen) atoms. The molecule has 0 amide bonds. The van der Waals surface area contributed by atoms with Crippen LogP contribution < -0.4 is 4.74 Å². The van der Waals surface area contributed by atoms with Crippen molar-refractivity contribution in [2.75, 3.05) is 6.61 Å². The van der Waals surface area contributed by atoms with Gasteiger partial charge in [0.2, 0.25) is 5.28 Å². The first-order valence-corrected chi connectivity index (χ1v) is 5.18. The summed E-state index contributed by atoms with van der Waals surface area (Å²) in [5, 5.41) is 10.6. The summed E-state index contributed by atoms with van der Waals surface area (Å²) in [5.74, 6) is 0.377. The summed E-state index contributed by atoms with van der Waals surface area (Å²) in [7, 11) is 0. The van der Waals surface area contributed by atoms with Crippen LogP contribution in [0.4, 0.5) is 5.69 Å². The molecular formula is C9H12ClN3O3. The molecule has 0 fully saturated rings. The monoisotopic (exact) mass is 245 g/mol. The van der Waals surface area contributed by atoms with E-state index in [-0.39, 0.29) is 16.9 Å². The minimum absolute atomic E-state index is 0.0647. The van der Waals surface area contributed by atoms with Crippen molar-refractivity contribution in [1.29, 1.82) is 0 Å². The fraction of sp³-hybridized carbons (Fsp3) is 0.556. The Morgan fingerprint density at radius 3 is 2.88 bits per heavy atom. The van der Waals surface area contributed by atoms with E-state index in [9.17, 15) is 10.1 Å². The van der Waals surface area contributed by atoms with E-state index < -0.39 is 4.92 Å². The van der Waals surface area contributed by atoms with E-state index in [4.69, 9.17) is 16.3 Å². The third-order valence-electron chi connectivity index (χ3n) is 1.84. The van der Waals surface area contributed by atoms with Gasteiger partial charge in [0.1, 0.15) is 6.20 Å². The minimum atomic E-state index is -0.596. The van der Waals surface area contributed by atoms with Gasteiger partial charge in [-0.2, -0.15) is 4.98 Å². The number of nitrogens with zero attached hydrogens (tertiary/aromatic N) is 3. The molecule has 0 atom stereocenters. The van der Waals surface area contributed by atoms with E-state index in [0.717, 1.165) is 12.6 Å². The second-order valence-electron chi connectivity index (χ2n) is 3.62. The summed E-state index contributed by atoms with van der Waals surface area (Å²) in [6.45, 7) is 4.43. The van der Waals surface area contributed by atoms with E-state index in [2.05, 4.69) is 9.97 Å². The first-order valence-electron chi connectivity index (χ1n) is 4.80. The molecule has 7 heteroatoms. The smallest absolute Gasteiger partial charge is 0.349 e. The van der Waals surface area contributed by atoms with Gasteiger partial charge >= 0.3 is 5.69 Å². The fourth-order valence-corrected chi connectivity index (χ4v) is 1.09. The summed E-state index contributed by atoms with van der Waals surface area (Å²) < 4.78 is 5.21. The largest absolute Gasteiger partial charge is 0.473 e. The minimum Gasteiger partial charge on any atom is -0.473 e. The lowest BCUT2D eigenvalue weighted by molar-refractivity contribution is -0.386. The van der Waals surface area contributed by atoms with Crippen LogP contribution in [-0.4, -0.2) is 21.5 Å². The Labute approximate surface area is 97.8 Å². The van der Waals surface area contributed by atoms with Gasteiger partial charge in [0.15, 0.2) is 0 Å². The van der Waals surface area contributed by atoms with Crippen molar-refractivity contribution in [2.45, 2.75) is 20.3 Å². The quantitative estimate of drug-likeness (QED) is 0.452. The maximum absolute atomic E-state index is 10.6. The maximum Gasteiger partial charge on any atom is 0.349 e. The molecule has 0 N–H and O–H groups in total. The molecule has 0 radical (unpaired) electrons. The van der Waals surface area contributed by atoms with E-state index >= 15 is 0 Å². The van der Waals surface area contributed by atoms with Crippen LogP contribution in [0.1, 0.15) is 20.3 Å². The molecular weight excluding hydrogens is 234 g/mol. The van der Waals surface area contributed by atoms with Crippen LogP contribution in [0.5, 0.6) is 5.88 Å². The van der Waals surface area contributed by atoms with Crippen molar-refractivity contribution in [3.05, 3.63) is 21.6 Å². The zero-order valence-electron chi connectivity index (χ0n) is 9.01. The Kier molecular flexibility index (Phi) is 4.42. The standard InChI is InChI=1S/C9H12ClN3O3/c1-6(2)3-4-16-8-7(13(14)15)5-11-9(10)12-8/h5-6H,3-4H2,1-2H3. The molecule has 6 nitrogen and oxygen atoms in total. The van der Waals surface area contributed by atoms with Crippen LogP contribution in [-0.2, 0) is 0 Å². The summed E-state index contributed by atoms with van der Waals surface area (Å²) in [5.41, 5.74) is -0.270. The van der Waals surface area contributed by atoms with Crippen molar-refractivity contribution in [3.8, 4) is 5.88 Å². The van der Waals surface area contributed by atoms with Gasteiger partial charge < -0.3 is 4.74 Å². The predicted octanol–water partition coefficient (Wildman–Crippen LogP) is 2.46. The number of nitro groups is 1. The molecule has 1 heterocycles. The third kappa shape index (κ3) is 3.62. The highest BCUT2D eigenvalue weighted by Crippen LogP contribution is 2.24. The van der Waals surface area contributed by atoms with Gasteiger partial charge in [-0.25, -0.2) is 4.98 Å². The highest BCUT2D eigenvalue weighted by atomic mass is 35.5. The lowest BCUT2D eigenvalue weighted by Gasteiger charge is -2.07. The van der Waals surface area contributed by atoms with E-state index in [1.807, 2.05) is 13.8 Å². The van der Waals surface area contributed by atoms with Gasteiger partial charge in [0.25, 0.3) is 5.88 Å². The Morgan fingerprint density at radius 2 is 2.31 bits per heavy atom. The van der Waals surface area contributed by atoms with Crippen LogP contribution in [0.2, 0.25) is 5.28 Å². The van der Waals surface area contributed by atoms with Crippen LogP contribution in [0.25, 0.3) is 0 Å². The maximum atomic E-state index is 10.6. The second-order valence-corrected chi connectivity index (χ2v) is 3.96. The molecule has 0 spiro atoms. The summed E-state index contributed by atoms with van der Waals surface area (Å²) in [6, 6.07) is 0. The number of ether oxygens (including phenoxy) is 1. The van der Waals surface area contributed by atoms with Gasteiger partial charge in [-0.3, -0.25) is 10.1 Å². The highest BCUT2D eigenvalue weighted by molar-refractivity contribution is 6.28. The van der Waals surface area contributed by atoms with Crippen LogP contribution in [0.15, 0.2) is 6.20 Å². The number of aromatic nitrogens is 2. The van der Waals surface area contributed by atoms with Crippen molar-refractivity contribution in [1.82, 2.24) is 9.97 Å². The molecule has 0 aromatic carbocycles.